The molecule has 0 radical (unpaired) electrons. The first-order chi connectivity index (χ1) is 8.63. The van der Waals surface area contributed by atoms with E-state index in [9.17, 15) is 0 Å². The van der Waals surface area contributed by atoms with Crippen LogP contribution in [-0.2, 0) is 13.5 Å². The third-order valence-electron chi connectivity index (χ3n) is 3.04. The fraction of sp³-hybridized carbons (Fsp3) is 0.357. The molecule has 0 unspecified atom stereocenters. The zero-order valence-corrected chi connectivity index (χ0v) is 12.6. The summed E-state index contributed by atoms with van der Waals surface area (Å²) in [6, 6.07) is 8.46. The van der Waals surface area contributed by atoms with Crippen LogP contribution >= 0.6 is 15.9 Å². The Balaban J connectivity index is 2.37. The second-order valence-electron chi connectivity index (χ2n) is 4.45. The number of nitrogens with zero attached hydrogens (tertiary/aromatic N) is 2. The average molecular weight is 308 g/mol. The van der Waals surface area contributed by atoms with E-state index in [1.807, 2.05) is 18.8 Å². The summed E-state index contributed by atoms with van der Waals surface area (Å²) in [5.41, 5.74) is 4.66. The Kier molecular flexibility index (Phi) is 4.19. The van der Waals surface area contributed by atoms with Crippen LogP contribution in [0.2, 0.25) is 0 Å². The largest absolute Gasteiger partial charge is 0.319 e. The zero-order chi connectivity index (χ0) is 13.1. The first kappa shape index (κ1) is 13.3. The molecule has 0 fully saturated rings. The summed E-state index contributed by atoms with van der Waals surface area (Å²) in [6.45, 7) is 3.04. The second-order valence-corrected chi connectivity index (χ2v) is 5.25. The molecule has 0 atom stereocenters. The molecule has 0 aliphatic rings. The lowest BCUT2D eigenvalue weighted by molar-refractivity contribution is 0.681. The van der Waals surface area contributed by atoms with Crippen molar-refractivity contribution in [3.63, 3.8) is 0 Å². The number of aromatic nitrogens is 2. The van der Waals surface area contributed by atoms with Crippen LogP contribution < -0.4 is 5.32 Å². The van der Waals surface area contributed by atoms with Crippen LogP contribution in [0, 0.1) is 6.92 Å². The van der Waals surface area contributed by atoms with Gasteiger partial charge in [-0.1, -0.05) is 29.8 Å². The maximum Gasteiger partial charge on any atom is 0.107 e. The number of halogens is 1. The number of aryl methyl sites for hydroxylation is 2. The van der Waals surface area contributed by atoms with Gasteiger partial charge in [0.05, 0.1) is 10.2 Å². The van der Waals surface area contributed by atoms with Gasteiger partial charge in [-0.25, -0.2) is 0 Å². The Morgan fingerprint density at radius 2 is 1.94 bits per heavy atom. The lowest BCUT2D eigenvalue weighted by atomic mass is 10.1. The van der Waals surface area contributed by atoms with Crippen LogP contribution in [0.4, 0.5) is 0 Å². The van der Waals surface area contributed by atoms with Gasteiger partial charge in [-0.3, -0.25) is 4.68 Å². The van der Waals surface area contributed by atoms with E-state index in [2.05, 4.69) is 57.5 Å². The molecule has 3 nitrogen and oxygen atoms in total. The minimum Gasteiger partial charge on any atom is -0.319 e. The predicted octanol–water partition coefficient (Wildman–Crippen LogP) is 2.92. The van der Waals surface area contributed by atoms with Crippen LogP contribution in [0.1, 0.15) is 11.3 Å². The van der Waals surface area contributed by atoms with E-state index in [4.69, 9.17) is 0 Å². The molecule has 2 rings (SSSR count). The maximum atomic E-state index is 4.61. The standard InChI is InChI=1S/C14H18BrN3/c1-10-4-6-11(7-5-10)14-13(15)12(8-9-16-2)18(3)17-14/h4-7,16H,8-9H2,1-3H3. The molecule has 18 heavy (non-hydrogen) atoms. The molecule has 0 aliphatic heterocycles. The molecule has 0 bridgehead atoms. The Morgan fingerprint density at radius 3 is 2.56 bits per heavy atom. The average Bonchev–Trinajstić information content (AvgIpc) is 2.64. The molecule has 4 heteroatoms. The summed E-state index contributed by atoms with van der Waals surface area (Å²) in [6.07, 6.45) is 0.965. The van der Waals surface area contributed by atoms with Crippen LogP contribution in [0.25, 0.3) is 11.3 Å². The molecular weight excluding hydrogens is 290 g/mol. The van der Waals surface area contributed by atoms with Crippen molar-refractivity contribution in [1.29, 1.82) is 0 Å². The van der Waals surface area contributed by atoms with Crippen molar-refractivity contribution in [3.8, 4) is 11.3 Å². The van der Waals surface area contributed by atoms with Gasteiger partial charge in [0.2, 0.25) is 0 Å². The summed E-state index contributed by atoms with van der Waals surface area (Å²) in [7, 11) is 3.96. The van der Waals surface area contributed by atoms with E-state index in [1.165, 1.54) is 11.3 Å². The lowest BCUT2D eigenvalue weighted by Gasteiger charge is -2.01. The van der Waals surface area contributed by atoms with E-state index in [-0.39, 0.29) is 0 Å². The number of benzene rings is 1. The smallest absolute Gasteiger partial charge is 0.107 e. The van der Waals surface area contributed by atoms with Gasteiger partial charge < -0.3 is 5.32 Å². The van der Waals surface area contributed by atoms with Gasteiger partial charge in [-0.15, -0.1) is 0 Å². The van der Waals surface area contributed by atoms with Crippen molar-refractivity contribution < 1.29 is 0 Å². The quantitative estimate of drug-likeness (QED) is 0.941. The predicted molar refractivity (Wildman–Crippen MR) is 78.7 cm³/mol. The monoisotopic (exact) mass is 307 g/mol. The zero-order valence-electron chi connectivity index (χ0n) is 11.0. The fourth-order valence-corrected chi connectivity index (χ4v) is 2.71. The molecule has 0 spiro atoms. The minimum atomic E-state index is 0.950. The molecule has 0 aliphatic carbocycles. The highest BCUT2D eigenvalue weighted by atomic mass is 79.9. The summed E-state index contributed by atoms with van der Waals surface area (Å²) < 4.78 is 3.06. The van der Waals surface area contributed by atoms with Gasteiger partial charge in [-0.05, 0) is 29.9 Å². The van der Waals surface area contributed by atoms with Crippen molar-refractivity contribution in [1.82, 2.24) is 15.1 Å². The molecule has 96 valence electrons. The Morgan fingerprint density at radius 1 is 1.28 bits per heavy atom. The van der Waals surface area contributed by atoms with Crippen molar-refractivity contribution in [2.75, 3.05) is 13.6 Å². The first-order valence-corrected chi connectivity index (χ1v) is 6.85. The highest BCUT2D eigenvalue weighted by molar-refractivity contribution is 9.10. The van der Waals surface area contributed by atoms with Gasteiger partial charge in [-0.2, -0.15) is 5.10 Å². The third-order valence-corrected chi connectivity index (χ3v) is 3.87. The van der Waals surface area contributed by atoms with Gasteiger partial charge in [0.1, 0.15) is 5.69 Å². The number of likely N-dealkylation sites (N-methyl/N-ethyl adjacent to an activating group) is 1. The molecular formula is C14H18BrN3. The number of hydrogen-bond donors (Lipinski definition) is 1. The molecule has 1 heterocycles. The van der Waals surface area contributed by atoms with Crippen LogP contribution in [0.15, 0.2) is 28.7 Å². The Hall–Kier alpha value is -1.13. The van der Waals surface area contributed by atoms with Gasteiger partial charge in [0.15, 0.2) is 0 Å². The fourth-order valence-electron chi connectivity index (χ4n) is 1.94. The molecule has 0 amide bonds. The normalized spacial score (nSPS) is 10.9. The molecule has 0 saturated carbocycles. The molecule has 1 aromatic heterocycles. The molecule has 1 aromatic carbocycles. The first-order valence-electron chi connectivity index (χ1n) is 6.06. The van der Waals surface area contributed by atoms with Crippen LogP contribution in [0.3, 0.4) is 0 Å². The minimum absolute atomic E-state index is 0.950. The van der Waals surface area contributed by atoms with E-state index >= 15 is 0 Å². The van der Waals surface area contributed by atoms with E-state index in [0.29, 0.717) is 0 Å². The highest BCUT2D eigenvalue weighted by Crippen LogP contribution is 2.30. The molecule has 0 saturated heterocycles. The van der Waals surface area contributed by atoms with Crippen molar-refractivity contribution >= 4 is 15.9 Å². The summed E-state index contributed by atoms with van der Waals surface area (Å²) in [5, 5.41) is 7.77. The Bertz CT molecular complexity index is 529. The highest BCUT2D eigenvalue weighted by Gasteiger charge is 2.14. The molecule has 1 N–H and O–H groups in total. The van der Waals surface area contributed by atoms with Crippen molar-refractivity contribution in [2.24, 2.45) is 7.05 Å². The summed E-state index contributed by atoms with van der Waals surface area (Å²) in [4.78, 5) is 0. The van der Waals surface area contributed by atoms with Crippen molar-refractivity contribution in [3.05, 3.63) is 40.0 Å². The summed E-state index contributed by atoms with van der Waals surface area (Å²) in [5.74, 6) is 0. The van der Waals surface area contributed by atoms with Crippen LogP contribution in [-0.4, -0.2) is 23.4 Å². The van der Waals surface area contributed by atoms with E-state index < -0.39 is 0 Å². The number of hydrogen-bond acceptors (Lipinski definition) is 2. The second kappa shape index (κ2) is 5.67. The maximum absolute atomic E-state index is 4.61. The topological polar surface area (TPSA) is 29.9 Å². The van der Waals surface area contributed by atoms with Crippen LogP contribution in [0.5, 0.6) is 0 Å². The lowest BCUT2D eigenvalue weighted by Crippen LogP contribution is -2.12. The van der Waals surface area contributed by atoms with Crippen molar-refractivity contribution in [2.45, 2.75) is 13.3 Å². The van der Waals surface area contributed by atoms with Gasteiger partial charge in [0.25, 0.3) is 0 Å². The van der Waals surface area contributed by atoms with Gasteiger partial charge in [0, 0.05) is 25.6 Å². The molecule has 2 aromatic rings. The van der Waals surface area contributed by atoms with E-state index in [1.54, 1.807) is 0 Å². The summed E-state index contributed by atoms with van der Waals surface area (Å²) >= 11 is 3.68. The third kappa shape index (κ3) is 2.65. The van der Waals surface area contributed by atoms with Gasteiger partial charge >= 0.3 is 0 Å². The number of rotatable bonds is 4. The number of nitrogens with one attached hydrogen (secondary N) is 1. The Labute approximate surface area is 116 Å². The van der Waals surface area contributed by atoms with E-state index in [0.717, 1.165) is 28.7 Å². The SMILES string of the molecule is CNCCc1c(Br)c(-c2ccc(C)cc2)nn1C.